The van der Waals surface area contributed by atoms with Gasteiger partial charge in [0.2, 0.25) is 0 Å². The molecule has 1 heterocycles. The van der Waals surface area contributed by atoms with E-state index in [1.807, 2.05) is 30.3 Å². The van der Waals surface area contributed by atoms with E-state index in [1.165, 1.54) is 32.2 Å². The number of hydrogen-bond acceptors (Lipinski definition) is 7. The van der Waals surface area contributed by atoms with Crippen LogP contribution in [0.2, 0.25) is 10.0 Å². The van der Waals surface area contributed by atoms with E-state index in [0.29, 0.717) is 25.9 Å². The Morgan fingerprint density at radius 2 is 1.81 bits per heavy atom. The third-order valence-corrected chi connectivity index (χ3v) is 10.2. The lowest BCUT2D eigenvalue weighted by Gasteiger charge is -2.33. The zero-order valence-corrected chi connectivity index (χ0v) is 28.7. The molecule has 2 amide bonds. The average Bonchev–Trinajstić information content (AvgIpc) is 3.06. The normalized spacial score (nSPS) is 15.6. The first kappa shape index (κ1) is 37.5. The van der Waals surface area contributed by atoms with Crippen LogP contribution in [0.1, 0.15) is 46.8 Å². The Morgan fingerprint density at radius 1 is 1.08 bits per heavy atom. The van der Waals surface area contributed by atoms with Crippen molar-refractivity contribution in [1.82, 2.24) is 10.2 Å². The smallest absolute Gasteiger partial charge is 0.416 e. The zero-order chi connectivity index (χ0) is 35.1. The number of rotatable bonds is 12. The van der Waals surface area contributed by atoms with Gasteiger partial charge in [-0.1, -0.05) is 60.5 Å². The molecule has 1 saturated heterocycles. The van der Waals surface area contributed by atoms with E-state index in [1.54, 1.807) is 4.90 Å². The Kier molecular flexibility index (Phi) is 12.8. The molecule has 4 rings (SSSR count). The molecular formula is C33H36Cl2F3N3O6S. The third kappa shape index (κ3) is 9.85. The summed E-state index contributed by atoms with van der Waals surface area (Å²) < 4.78 is 79.6. The third-order valence-electron chi connectivity index (χ3n) is 7.83. The van der Waals surface area contributed by atoms with Gasteiger partial charge in [-0.15, -0.1) is 0 Å². The van der Waals surface area contributed by atoms with Crippen LogP contribution in [0.25, 0.3) is 0 Å². The van der Waals surface area contributed by atoms with E-state index in [9.17, 15) is 31.2 Å². The summed E-state index contributed by atoms with van der Waals surface area (Å²) in [4.78, 5) is 28.0. The van der Waals surface area contributed by atoms with Crippen LogP contribution in [0, 0.1) is 0 Å². The van der Waals surface area contributed by atoms with E-state index in [4.69, 9.17) is 32.7 Å². The molecule has 260 valence electrons. The first-order chi connectivity index (χ1) is 22.7. The number of nitrogens with one attached hydrogen (secondary N) is 1. The molecule has 1 aliphatic heterocycles. The molecule has 0 saturated carbocycles. The molecule has 3 aromatic carbocycles. The number of alkyl carbamates (subject to hydrolysis) is 1. The van der Waals surface area contributed by atoms with Gasteiger partial charge in [-0.25, -0.2) is 13.2 Å². The van der Waals surface area contributed by atoms with Gasteiger partial charge in [-0.2, -0.15) is 13.2 Å². The SMILES string of the molecule is CCS(=O)(=O)c1ccc(Cl)cc1N(C)C(=O)c1cc(Cl)c(CN2CCC[C@H](OCCNC(=O)OCc3ccccc3)C2)c(C(F)(F)F)c1. The second-order valence-corrected chi connectivity index (χ2v) is 14.3. The highest BCUT2D eigenvalue weighted by atomic mass is 35.5. The molecule has 0 aliphatic carbocycles. The Balaban J connectivity index is 1.41. The number of piperidine rings is 1. The summed E-state index contributed by atoms with van der Waals surface area (Å²) in [6.45, 7) is 2.64. The minimum atomic E-state index is -4.84. The van der Waals surface area contributed by atoms with Gasteiger partial charge in [0.1, 0.15) is 6.61 Å². The van der Waals surface area contributed by atoms with Gasteiger partial charge in [0.05, 0.1) is 34.6 Å². The molecule has 15 heteroatoms. The predicted octanol–water partition coefficient (Wildman–Crippen LogP) is 6.99. The number of anilines is 1. The average molecular weight is 731 g/mol. The van der Waals surface area contributed by atoms with Crippen molar-refractivity contribution >= 4 is 50.7 Å². The van der Waals surface area contributed by atoms with Crippen molar-refractivity contribution in [2.75, 3.05) is 43.9 Å². The molecule has 48 heavy (non-hydrogen) atoms. The van der Waals surface area contributed by atoms with Crippen LogP contribution < -0.4 is 10.2 Å². The molecule has 0 spiro atoms. The zero-order valence-electron chi connectivity index (χ0n) is 26.4. The van der Waals surface area contributed by atoms with E-state index in [0.717, 1.165) is 22.6 Å². The van der Waals surface area contributed by atoms with Gasteiger partial charge in [-0.3, -0.25) is 9.69 Å². The van der Waals surface area contributed by atoms with Crippen molar-refractivity contribution < 1.29 is 40.7 Å². The Morgan fingerprint density at radius 3 is 2.50 bits per heavy atom. The number of benzene rings is 3. The van der Waals surface area contributed by atoms with Crippen LogP contribution >= 0.6 is 23.2 Å². The van der Waals surface area contributed by atoms with Crippen molar-refractivity contribution in [3.63, 3.8) is 0 Å². The summed E-state index contributed by atoms with van der Waals surface area (Å²) >= 11 is 12.5. The summed E-state index contributed by atoms with van der Waals surface area (Å²) in [5, 5.41) is 2.50. The molecular weight excluding hydrogens is 694 g/mol. The molecule has 3 aromatic rings. The number of hydrogen-bond donors (Lipinski definition) is 1. The topological polar surface area (TPSA) is 105 Å². The van der Waals surface area contributed by atoms with Crippen LogP contribution in [0.5, 0.6) is 0 Å². The molecule has 0 aromatic heterocycles. The maximum Gasteiger partial charge on any atom is 0.416 e. The minimum Gasteiger partial charge on any atom is -0.445 e. The fourth-order valence-electron chi connectivity index (χ4n) is 5.32. The fraction of sp³-hybridized carbons (Fsp3) is 0.394. The van der Waals surface area contributed by atoms with Crippen molar-refractivity contribution in [2.24, 2.45) is 0 Å². The highest BCUT2D eigenvalue weighted by Gasteiger charge is 2.37. The molecule has 1 N–H and O–H groups in total. The number of nitrogens with zero attached hydrogens (tertiary/aromatic N) is 2. The molecule has 0 radical (unpaired) electrons. The van der Waals surface area contributed by atoms with Crippen LogP contribution in [0.15, 0.2) is 65.6 Å². The predicted molar refractivity (Wildman–Crippen MR) is 177 cm³/mol. The lowest BCUT2D eigenvalue weighted by atomic mass is 10.00. The van der Waals surface area contributed by atoms with Crippen molar-refractivity contribution in [3.8, 4) is 0 Å². The Bertz CT molecular complexity index is 1710. The maximum absolute atomic E-state index is 14.4. The molecule has 0 bridgehead atoms. The summed E-state index contributed by atoms with van der Waals surface area (Å²) in [7, 11) is -2.54. The summed E-state index contributed by atoms with van der Waals surface area (Å²) in [5.74, 6) is -1.15. The second-order valence-electron chi connectivity index (χ2n) is 11.2. The van der Waals surface area contributed by atoms with Gasteiger partial charge >= 0.3 is 12.3 Å². The van der Waals surface area contributed by atoms with Crippen LogP contribution in [-0.4, -0.2) is 70.5 Å². The van der Waals surface area contributed by atoms with Crippen LogP contribution in [-0.2, 0) is 38.6 Å². The highest BCUT2D eigenvalue weighted by molar-refractivity contribution is 7.91. The molecule has 9 nitrogen and oxygen atoms in total. The standard InChI is InChI=1S/C33H36Cl2F3N3O6S/c1-3-48(44,45)30-12-11-24(34)18-29(30)40(2)31(42)23-16-27(33(36,37)38)26(28(35)17-23)20-41-14-7-10-25(19-41)46-15-13-39-32(43)47-21-22-8-5-4-6-9-22/h4-6,8-9,11-12,16-18,25H,3,7,10,13-15,19-21H2,1-2H3,(H,39,43)/t25-/m0/s1. The number of sulfone groups is 1. The molecule has 0 unspecified atom stereocenters. The van der Waals surface area contributed by atoms with E-state index < -0.39 is 33.6 Å². The molecule has 1 aliphatic rings. The van der Waals surface area contributed by atoms with Gasteiger partial charge < -0.3 is 19.7 Å². The van der Waals surface area contributed by atoms with Gasteiger partial charge in [0.15, 0.2) is 9.84 Å². The van der Waals surface area contributed by atoms with Crippen LogP contribution in [0.3, 0.4) is 0 Å². The first-order valence-electron chi connectivity index (χ1n) is 15.2. The first-order valence-corrected chi connectivity index (χ1v) is 17.6. The number of halogens is 5. The minimum absolute atomic E-state index is 0.0678. The summed E-state index contributed by atoms with van der Waals surface area (Å²) in [5.41, 5.74) is -0.844. The monoisotopic (exact) mass is 729 g/mol. The lowest BCUT2D eigenvalue weighted by molar-refractivity contribution is -0.138. The largest absolute Gasteiger partial charge is 0.445 e. The van der Waals surface area contributed by atoms with Crippen molar-refractivity contribution in [3.05, 3.63) is 93.0 Å². The Hall–Kier alpha value is -3.36. The van der Waals surface area contributed by atoms with E-state index >= 15 is 0 Å². The number of likely N-dealkylation sites (tertiary alicyclic amines) is 1. The Labute approximate surface area is 287 Å². The van der Waals surface area contributed by atoms with Crippen LogP contribution in [0.4, 0.5) is 23.7 Å². The molecule has 1 atom stereocenters. The maximum atomic E-state index is 14.4. The number of ether oxygens (including phenoxy) is 2. The number of carbonyl (C=O) groups excluding carboxylic acids is 2. The van der Waals surface area contributed by atoms with Crippen molar-refractivity contribution in [1.29, 1.82) is 0 Å². The summed E-state index contributed by atoms with van der Waals surface area (Å²) in [6.07, 6.45) is -4.36. The quantitative estimate of drug-likeness (QED) is 0.201. The van der Waals surface area contributed by atoms with E-state index in [2.05, 4.69) is 5.32 Å². The fourth-order valence-corrected chi connectivity index (χ4v) is 6.86. The highest BCUT2D eigenvalue weighted by Crippen LogP contribution is 2.38. The van der Waals surface area contributed by atoms with Gasteiger partial charge in [0.25, 0.3) is 5.91 Å². The number of carbonyl (C=O) groups is 2. The molecule has 1 fully saturated rings. The summed E-state index contributed by atoms with van der Waals surface area (Å²) in [6, 6.07) is 15.0. The van der Waals surface area contributed by atoms with E-state index in [-0.39, 0.29) is 69.9 Å². The number of amides is 2. The number of alkyl halides is 3. The van der Waals surface area contributed by atoms with Gasteiger partial charge in [0, 0.05) is 42.3 Å². The van der Waals surface area contributed by atoms with Crippen molar-refractivity contribution in [2.45, 2.75) is 50.1 Å². The lowest BCUT2D eigenvalue weighted by Crippen LogP contribution is -2.40. The van der Waals surface area contributed by atoms with Gasteiger partial charge in [-0.05, 0) is 60.8 Å². The second kappa shape index (κ2) is 16.4.